The zero-order chi connectivity index (χ0) is 13.4. The molecule has 19 heavy (non-hydrogen) atoms. The molecular weight excluding hydrogens is 239 g/mol. The Balaban J connectivity index is 2.24. The van der Waals surface area contributed by atoms with Crippen LogP contribution in [0.25, 0.3) is 0 Å². The van der Waals surface area contributed by atoms with E-state index in [1.54, 1.807) is 6.07 Å². The lowest BCUT2D eigenvalue weighted by molar-refractivity contribution is 0.290. The first kappa shape index (κ1) is 12.2. The van der Waals surface area contributed by atoms with Gasteiger partial charge in [0.25, 0.3) is 0 Å². The summed E-state index contributed by atoms with van der Waals surface area (Å²) in [6, 6.07) is 13.4. The third kappa shape index (κ3) is 2.01. The van der Waals surface area contributed by atoms with Crippen LogP contribution in [-0.2, 0) is 6.61 Å². The number of fused-ring (bicyclic) bond motifs is 2. The van der Waals surface area contributed by atoms with Crippen molar-refractivity contribution >= 4 is 0 Å². The van der Waals surface area contributed by atoms with Gasteiger partial charge in [0.2, 0.25) is 0 Å². The standard InChI is InChI=1S/C17H17FO/c1-11(2)16-13-7-4-3-6-12(13)10-19-17-14(16)8-5-9-15(17)18/h3-9,11,16H,10H2,1-2H3. The summed E-state index contributed by atoms with van der Waals surface area (Å²) in [6.45, 7) is 4.77. The fourth-order valence-electron chi connectivity index (χ4n) is 2.93. The van der Waals surface area contributed by atoms with E-state index < -0.39 is 0 Å². The van der Waals surface area contributed by atoms with Crippen molar-refractivity contribution < 1.29 is 9.13 Å². The molecule has 0 amide bonds. The van der Waals surface area contributed by atoms with E-state index >= 15 is 0 Å². The van der Waals surface area contributed by atoms with Crippen LogP contribution in [0.5, 0.6) is 5.75 Å². The molecular formula is C17H17FO. The molecule has 0 bridgehead atoms. The molecule has 0 saturated carbocycles. The van der Waals surface area contributed by atoms with Gasteiger partial charge in [-0.15, -0.1) is 0 Å². The van der Waals surface area contributed by atoms with Crippen molar-refractivity contribution in [2.45, 2.75) is 26.4 Å². The summed E-state index contributed by atoms with van der Waals surface area (Å²) in [5.41, 5.74) is 3.36. The smallest absolute Gasteiger partial charge is 0.165 e. The van der Waals surface area contributed by atoms with Crippen LogP contribution in [0, 0.1) is 11.7 Å². The lowest BCUT2D eigenvalue weighted by Crippen LogP contribution is -2.09. The zero-order valence-corrected chi connectivity index (χ0v) is 11.2. The van der Waals surface area contributed by atoms with Gasteiger partial charge in [0.15, 0.2) is 11.6 Å². The van der Waals surface area contributed by atoms with Crippen LogP contribution >= 0.6 is 0 Å². The van der Waals surface area contributed by atoms with Crippen LogP contribution in [-0.4, -0.2) is 0 Å². The highest BCUT2D eigenvalue weighted by Crippen LogP contribution is 2.42. The highest BCUT2D eigenvalue weighted by atomic mass is 19.1. The number of halogens is 1. The van der Waals surface area contributed by atoms with Crippen LogP contribution < -0.4 is 4.74 Å². The Hall–Kier alpha value is -1.83. The van der Waals surface area contributed by atoms with Crippen LogP contribution in [0.3, 0.4) is 0 Å². The molecule has 2 aromatic rings. The number of hydrogen-bond acceptors (Lipinski definition) is 1. The summed E-state index contributed by atoms with van der Waals surface area (Å²) in [5, 5.41) is 0. The van der Waals surface area contributed by atoms with Gasteiger partial charge in [0.05, 0.1) is 0 Å². The van der Waals surface area contributed by atoms with E-state index in [9.17, 15) is 4.39 Å². The van der Waals surface area contributed by atoms with Crippen molar-refractivity contribution in [3.8, 4) is 5.75 Å². The van der Waals surface area contributed by atoms with Gasteiger partial charge in [0, 0.05) is 11.5 Å². The molecule has 1 aliphatic rings. The first-order valence-electron chi connectivity index (χ1n) is 6.67. The topological polar surface area (TPSA) is 9.23 Å². The predicted molar refractivity (Wildman–Crippen MR) is 73.9 cm³/mol. The lowest BCUT2D eigenvalue weighted by Gasteiger charge is -2.22. The van der Waals surface area contributed by atoms with Gasteiger partial charge in [-0.05, 0) is 23.1 Å². The van der Waals surface area contributed by atoms with Crippen molar-refractivity contribution in [2.75, 3.05) is 0 Å². The van der Waals surface area contributed by atoms with E-state index in [0.717, 1.165) is 11.1 Å². The molecule has 1 nitrogen and oxygen atoms in total. The first-order chi connectivity index (χ1) is 9.18. The third-order valence-corrected chi connectivity index (χ3v) is 3.76. The molecule has 2 aromatic carbocycles. The van der Waals surface area contributed by atoms with E-state index in [4.69, 9.17) is 4.74 Å². The minimum absolute atomic E-state index is 0.185. The lowest BCUT2D eigenvalue weighted by atomic mass is 9.81. The summed E-state index contributed by atoms with van der Waals surface area (Å²) >= 11 is 0. The predicted octanol–water partition coefficient (Wildman–Crippen LogP) is 4.51. The number of para-hydroxylation sites is 1. The number of rotatable bonds is 1. The van der Waals surface area contributed by atoms with Gasteiger partial charge in [-0.2, -0.15) is 0 Å². The first-order valence-corrected chi connectivity index (χ1v) is 6.67. The molecule has 1 aliphatic heterocycles. The highest BCUT2D eigenvalue weighted by molar-refractivity contribution is 5.47. The Morgan fingerprint density at radius 1 is 1.05 bits per heavy atom. The van der Waals surface area contributed by atoms with E-state index in [-0.39, 0.29) is 11.7 Å². The maximum Gasteiger partial charge on any atom is 0.165 e. The Bertz CT molecular complexity index is 604. The highest BCUT2D eigenvalue weighted by Gasteiger charge is 2.28. The average molecular weight is 256 g/mol. The summed E-state index contributed by atoms with van der Waals surface area (Å²) in [7, 11) is 0. The number of ether oxygens (including phenoxy) is 1. The summed E-state index contributed by atoms with van der Waals surface area (Å²) in [4.78, 5) is 0. The molecule has 0 fully saturated rings. The van der Waals surface area contributed by atoms with E-state index in [2.05, 4.69) is 26.0 Å². The molecule has 0 spiro atoms. The van der Waals surface area contributed by atoms with E-state index in [0.29, 0.717) is 18.3 Å². The SMILES string of the molecule is CC(C)C1c2ccccc2COc2c(F)cccc21. The Morgan fingerprint density at radius 3 is 2.58 bits per heavy atom. The molecule has 3 rings (SSSR count). The molecule has 98 valence electrons. The maximum absolute atomic E-state index is 14.0. The monoisotopic (exact) mass is 256 g/mol. The Morgan fingerprint density at radius 2 is 1.79 bits per heavy atom. The molecule has 1 atom stereocenters. The Kier molecular flexibility index (Phi) is 3.02. The Labute approximate surface area is 113 Å². The van der Waals surface area contributed by atoms with Gasteiger partial charge in [-0.25, -0.2) is 4.39 Å². The fourth-order valence-corrected chi connectivity index (χ4v) is 2.93. The average Bonchev–Trinajstić information content (AvgIpc) is 2.56. The van der Waals surface area contributed by atoms with Crippen molar-refractivity contribution in [3.63, 3.8) is 0 Å². The van der Waals surface area contributed by atoms with Crippen LogP contribution in [0.2, 0.25) is 0 Å². The minimum Gasteiger partial charge on any atom is -0.486 e. The molecule has 0 aliphatic carbocycles. The molecule has 0 saturated heterocycles. The second-order valence-electron chi connectivity index (χ2n) is 5.37. The van der Waals surface area contributed by atoms with Crippen LogP contribution in [0.4, 0.5) is 4.39 Å². The fraction of sp³-hybridized carbons (Fsp3) is 0.294. The van der Waals surface area contributed by atoms with Crippen molar-refractivity contribution in [3.05, 3.63) is 65.0 Å². The summed E-state index contributed by atoms with van der Waals surface area (Å²) < 4.78 is 19.7. The van der Waals surface area contributed by atoms with Crippen molar-refractivity contribution in [1.29, 1.82) is 0 Å². The second-order valence-corrected chi connectivity index (χ2v) is 5.37. The van der Waals surface area contributed by atoms with Crippen LogP contribution in [0.1, 0.15) is 36.5 Å². The molecule has 2 heteroatoms. The molecule has 0 radical (unpaired) electrons. The molecule has 1 unspecified atom stereocenters. The third-order valence-electron chi connectivity index (χ3n) is 3.76. The number of benzene rings is 2. The van der Waals surface area contributed by atoms with Gasteiger partial charge in [-0.1, -0.05) is 50.2 Å². The van der Waals surface area contributed by atoms with Crippen molar-refractivity contribution in [1.82, 2.24) is 0 Å². The summed E-state index contributed by atoms with van der Waals surface area (Å²) in [6.07, 6.45) is 0. The summed E-state index contributed by atoms with van der Waals surface area (Å²) in [5.74, 6) is 0.723. The van der Waals surface area contributed by atoms with Gasteiger partial charge < -0.3 is 4.74 Å². The molecule has 1 heterocycles. The quantitative estimate of drug-likeness (QED) is 0.729. The van der Waals surface area contributed by atoms with E-state index in [1.807, 2.05) is 18.2 Å². The minimum atomic E-state index is -0.268. The zero-order valence-electron chi connectivity index (χ0n) is 11.2. The van der Waals surface area contributed by atoms with Gasteiger partial charge in [0.1, 0.15) is 6.61 Å². The maximum atomic E-state index is 14.0. The van der Waals surface area contributed by atoms with E-state index in [1.165, 1.54) is 11.6 Å². The largest absolute Gasteiger partial charge is 0.486 e. The number of hydrogen-bond donors (Lipinski definition) is 0. The van der Waals surface area contributed by atoms with Crippen LogP contribution in [0.15, 0.2) is 42.5 Å². The molecule has 0 aromatic heterocycles. The van der Waals surface area contributed by atoms with Gasteiger partial charge in [-0.3, -0.25) is 0 Å². The van der Waals surface area contributed by atoms with Gasteiger partial charge >= 0.3 is 0 Å². The second kappa shape index (κ2) is 4.69. The normalized spacial score (nSPS) is 17.4. The van der Waals surface area contributed by atoms with Crippen molar-refractivity contribution in [2.24, 2.45) is 5.92 Å². The molecule has 0 N–H and O–H groups in total.